The summed E-state index contributed by atoms with van der Waals surface area (Å²) in [6.45, 7) is 0.567. The lowest BCUT2D eigenvalue weighted by molar-refractivity contribution is -0.384. The van der Waals surface area contributed by atoms with E-state index in [2.05, 4.69) is 21.0 Å². The van der Waals surface area contributed by atoms with Gasteiger partial charge >= 0.3 is 0 Å². The molecule has 0 amide bonds. The number of nitro groups is 1. The van der Waals surface area contributed by atoms with Crippen LogP contribution in [0.5, 0.6) is 0 Å². The van der Waals surface area contributed by atoms with Gasteiger partial charge in [-0.25, -0.2) is 4.68 Å². The van der Waals surface area contributed by atoms with Crippen LogP contribution in [0.25, 0.3) is 5.69 Å². The van der Waals surface area contributed by atoms with Gasteiger partial charge in [-0.3, -0.25) is 10.1 Å². The summed E-state index contributed by atoms with van der Waals surface area (Å²) >= 11 is 3.51. The average molecular weight is 337 g/mol. The van der Waals surface area contributed by atoms with Crippen LogP contribution >= 0.6 is 15.9 Å². The summed E-state index contributed by atoms with van der Waals surface area (Å²) in [5.74, 6) is 0. The summed E-state index contributed by atoms with van der Waals surface area (Å²) < 4.78 is 2.55. The van der Waals surface area contributed by atoms with E-state index >= 15 is 0 Å². The quantitative estimate of drug-likeness (QED) is 0.686. The molecule has 1 aliphatic carbocycles. The van der Waals surface area contributed by atoms with Crippen LogP contribution in [-0.4, -0.2) is 21.2 Å². The maximum Gasteiger partial charge on any atom is 0.271 e. The van der Waals surface area contributed by atoms with Gasteiger partial charge in [0.25, 0.3) is 5.69 Å². The standard InChI is InChI=1S/C13H13BrN4O2/c14-11-7-17(16-12(11)13(8-15)4-5-13)9-2-1-3-10(6-9)18(19)20/h1-3,6-7H,4-5,8,15H2. The fraction of sp³-hybridized carbons (Fsp3) is 0.308. The number of non-ortho nitro benzene ring substituents is 1. The number of rotatable bonds is 4. The van der Waals surface area contributed by atoms with Crippen molar-refractivity contribution in [3.8, 4) is 5.69 Å². The summed E-state index contributed by atoms with van der Waals surface area (Å²) in [4.78, 5) is 10.4. The fourth-order valence-corrected chi connectivity index (χ4v) is 2.98. The van der Waals surface area contributed by atoms with Gasteiger partial charge in [0.1, 0.15) is 0 Å². The molecule has 0 atom stereocenters. The van der Waals surface area contributed by atoms with Crippen molar-refractivity contribution in [1.82, 2.24) is 9.78 Å². The van der Waals surface area contributed by atoms with Crippen LogP contribution in [0, 0.1) is 10.1 Å². The van der Waals surface area contributed by atoms with Crippen LogP contribution in [0.1, 0.15) is 18.5 Å². The minimum absolute atomic E-state index is 0.0230. The highest BCUT2D eigenvalue weighted by Gasteiger charge is 2.46. The molecule has 0 spiro atoms. The molecule has 0 aliphatic heterocycles. The third-order valence-electron chi connectivity index (χ3n) is 3.72. The number of hydrogen-bond acceptors (Lipinski definition) is 4. The first-order chi connectivity index (χ1) is 9.55. The Morgan fingerprint density at radius 2 is 2.25 bits per heavy atom. The monoisotopic (exact) mass is 336 g/mol. The Bertz CT molecular complexity index is 679. The SMILES string of the molecule is NCC1(c2nn(-c3cccc([N+](=O)[O-])c3)cc2Br)CC1. The Balaban J connectivity index is 2.01. The van der Waals surface area contributed by atoms with Gasteiger partial charge in [0.2, 0.25) is 0 Å². The summed E-state index contributed by atoms with van der Waals surface area (Å²) in [7, 11) is 0. The summed E-state index contributed by atoms with van der Waals surface area (Å²) in [6.07, 6.45) is 3.90. The number of nitro benzene ring substituents is 1. The molecular weight excluding hydrogens is 324 g/mol. The van der Waals surface area contributed by atoms with Gasteiger partial charge in [-0.05, 0) is 34.8 Å². The van der Waals surface area contributed by atoms with Gasteiger partial charge in [-0.1, -0.05) is 6.07 Å². The van der Waals surface area contributed by atoms with Gasteiger partial charge < -0.3 is 5.73 Å². The van der Waals surface area contributed by atoms with Crippen molar-refractivity contribution >= 4 is 21.6 Å². The molecule has 1 aliphatic rings. The number of nitrogens with two attached hydrogens (primary N) is 1. The van der Waals surface area contributed by atoms with Gasteiger partial charge in [0.05, 0.1) is 20.8 Å². The summed E-state index contributed by atoms with van der Waals surface area (Å²) in [5, 5.41) is 15.4. The van der Waals surface area contributed by atoms with Gasteiger partial charge in [-0.2, -0.15) is 5.10 Å². The molecule has 2 N–H and O–H groups in total. The molecule has 2 aromatic rings. The molecule has 7 heteroatoms. The van der Waals surface area contributed by atoms with E-state index in [4.69, 9.17) is 5.73 Å². The van der Waals surface area contributed by atoms with Gasteiger partial charge in [0.15, 0.2) is 0 Å². The predicted octanol–water partition coefficient (Wildman–Crippen LogP) is 2.53. The van der Waals surface area contributed by atoms with Crippen LogP contribution in [0.2, 0.25) is 0 Å². The second-order valence-corrected chi connectivity index (χ2v) is 5.89. The third kappa shape index (κ3) is 2.12. The van der Waals surface area contributed by atoms with E-state index in [1.807, 2.05) is 6.20 Å². The molecule has 1 fully saturated rings. The van der Waals surface area contributed by atoms with Gasteiger partial charge in [0, 0.05) is 30.3 Å². The molecule has 3 rings (SSSR count). The number of aromatic nitrogens is 2. The van der Waals surface area contributed by atoms with Crippen LogP contribution in [-0.2, 0) is 5.41 Å². The van der Waals surface area contributed by atoms with E-state index in [1.54, 1.807) is 16.8 Å². The lowest BCUT2D eigenvalue weighted by atomic mass is 10.0. The highest BCUT2D eigenvalue weighted by Crippen LogP contribution is 2.48. The van der Waals surface area contributed by atoms with E-state index < -0.39 is 4.92 Å². The Morgan fingerprint density at radius 3 is 2.85 bits per heavy atom. The number of hydrogen-bond donors (Lipinski definition) is 1. The first-order valence-electron chi connectivity index (χ1n) is 6.26. The first-order valence-corrected chi connectivity index (χ1v) is 7.06. The van der Waals surface area contributed by atoms with Crippen molar-refractivity contribution in [2.24, 2.45) is 5.73 Å². The topological polar surface area (TPSA) is 87.0 Å². The maximum atomic E-state index is 10.8. The highest BCUT2D eigenvalue weighted by atomic mass is 79.9. The average Bonchev–Trinajstić information content (AvgIpc) is 3.15. The molecule has 0 bridgehead atoms. The summed E-state index contributed by atoms with van der Waals surface area (Å²) in [5.41, 5.74) is 7.45. The fourth-order valence-electron chi connectivity index (χ4n) is 2.28. The molecule has 1 saturated carbocycles. The molecule has 1 aromatic heterocycles. The van der Waals surface area contributed by atoms with E-state index in [-0.39, 0.29) is 11.1 Å². The molecule has 104 valence electrons. The molecule has 1 aromatic carbocycles. The normalized spacial score (nSPS) is 16.1. The van der Waals surface area contributed by atoms with Crippen molar-refractivity contribution in [1.29, 1.82) is 0 Å². The molecule has 0 radical (unpaired) electrons. The van der Waals surface area contributed by atoms with E-state index in [1.165, 1.54) is 12.1 Å². The minimum atomic E-state index is -0.411. The number of nitrogens with zero attached hydrogens (tertiary/aromatic N) is 3. The Hall–Kier alpha value is -1.73. The molecule has 20 heavy (non-hydrogen) atoms. The zero-order chi connectivity index (χ0) is 14.3. The minimum Gasteiger partial charge on any atom is -0.330 e. The third-order valence-corrected chi connectivity index (χ3v) is 4.30. The van der Waals surface area contributed by atoms with E-state index in [9.17, 15) is 10.1 Å². The first kappa shape index (κ1) is 13.3. The zero-order valence-corrected chi connectivity index (χ0v) is 12.2. The van der Waals surface area contributed by atoms with Crippen molar-refractivity contribution in [3.63, 3.8) is 0 Å². The second-order valence-electron chi connectivity index (χ2n) is 5.03. The van der Waals surface area contributed by atoms with Crippen LogP contribution in [0.4, 0.5) is 5.69 Å². The van der Waals surface area contributed by atoms with Gasteiger partial charge in [-0.15, -0.1) is 0 Å². The smallest absolute Gasteiger partial charge is 0.271 e. The van der Waals surface area contributed by atoms with Crippen LogP contribution in [0.15, 0.2) is 34.9 Å². The molecule has 6 nitrogen and oxygen atoms in total. The van der Waals surface area contributed by atoms with Crippen molar-refractivity contribution in [2.45, 2.75) is 18.3 Å². The zero-order valence-electron chi connectivity index (χ0n) is 10.6. The van der Waals surface area contributed by atoms with Crippen molar-refractivity contribution < 1.29 is 4.92 Å². The second kappa shape index (κ2) is 4.68. The Labute approximate surface area is 123 Å². The van der Waals surface area contributed by atoms with Crippen molar-refractivity contribution in [2.75, 3.05) is 6.54 Å². The lowest BCUT2D eigenvalue weighted by Crippen LogP contribution is -2.21. The van der Waals surface area contributed by atoms with Crippen LogP contribution < -0.4 is 5.73 Å². The number of halogens is 1. The van der Waals surface area contributed by atoms with Crippen LogP contribution in [0.3, 0.4) is 0 Å². The Morgan fingerprint density at radius 1 is 1.50 bits per heavy atom. The predicted molar refractivity (Wildman–Crippen MR) is 77.9 cm³/mol. The molecule has 0 saturated heterocycles. The van der Waals surface area contributed by atoms with Crippen molar-refractivity contribution in [3.05, 3.63) is 50.7 Å². The highest BCUT2D eigenvalue weighted by molar-refractivity contribution is 9.10. The van der Waals surface area contributed by atoms with E-state index in [0.29, 0.717) is 12.2 Å². The Kier molecular flexibility index (Phi) is 3.10. The lowest BCUT2D eigenvalue weighted by Gasteiger charge is -2.08. The summed E-state index contributed by atoms with van der Waals surface area (Å²) in [6, 6.07) is 6.41. The van der Waals surface area contributed by atoms with E-state index in [0.717, 1.165) is 23.0 Å². The maximum absolute atomic E-state index is 10.8. The largest absolute Gasteiger partial charge is 0.330 e. The molecule has 0 unspecified atom stereocenters. The number of benzene rings is 1. The molecule has 1 heterocycles. The molecular formula is C13H13BrN4O2.